The molecule has 0 saturated carbocycles. The normalized spacial score (nSPS) is 9.81. The van der Waals surface area contributed by atoms with Crippen molar-refractivity contribution < 1.29 is 4.79 Å². The van der Waals surface area contributed by atoms with Gasteiger partial charge in [-0.15, -0.1) is 0 Å². The van der Waals surface area contributed by atoms with Crippen molar-refractivity contribution in [2.24, 2.45) is 0 Å². The molecule has 3 heterocycles. The fourth-order valence-corrected chi connectivity index (χ4v) is 3.68. The van der Waals surface area contributed by atoms with Crippen LogP contribution in [-0.4, -0.2) is 25.9 Å². The van der Waals surface area contributed by atoms with Gasteiger partial charge in [-0.3, -0.25) is 9.78 Å². The first-order valence-corrected chi connectivity index (χ1v) is 13.7. The van der Waals surface area contributed by atoms with Crippen molar-refractivity contribution in [1.29, 1.82) is 0 Å². The highest BCUT2D eigenvalue weighted by Crippen LogP contribution is 2.27. The van der Waals surface area contributed by atoms with Gasteiger partial charge in [0.1, 0.15) is 5.82 Å². The van der Waals surface area contributed by atoms with Crippen molar-refractivity contribution in [2.75, 3.05) is 5.73 Å². The van der Waals surface area contributed by atoms with Gasteiger partial charge in [0.2, 0.25) is 0 Å². The van der Waals surface area contributed by atoms with Crippen molar-refractivity contribution in [3.63, 3.8) is 0 Å². The first kappa shape index (κ1) is 31.5. The van der Waals surface area contributed by atoms with E-state index in [0.29, 0.717) is 23.2 Å². The third kappa shape index (κ3) is 8.81. The maximum Gasteiger partial charge on any atom is 0.165 e. The number of carbonyl (C=O) groups excluding carboxylic acids is 1. The van der Waals surface area contributed by atoms with Gasteiger partial charge < -0.3 is 5.73 Å². The molecule has 6 nitrogen and oxygen atoms in total. The number of unbranched alkanes of at least 4 members (excludes halogenated alkanes) is 5. The monoisotopic (exact) mass is 503 g/mol. The Morgan fingerprint density at radius 2 is 1.46 bits per heavy atom. The molecular weight excluding hydrogens is 458 g/mol. The number of aldehydes is 1. The molecule has 2 N–H and O–H groups in total. The molecule has 0 aliphatic heterocycles. The Labute approximate surface area is 223 Å². The Hall–Kier alpha value is -3.54. The van der Waals surface area contributed by atoms with Crippen LogP contribution in [0, 0.1) is 6.92 Å². The quantitative estimate of drug-likeness (QED) is 0.192. The van der Waals surface area contributed by atoms with Gasteiger partial charge in [0.15, 0.2) is 11.9 Å². The molecule has 4 aromatic rings. The Balaban J connectivity index is 0.000000487. The molecule has 4 rings (SSSR count). The summed E-state index contributed by atoms with van der Waals surface area (Å²) in [4.78, 5) is 20.2. The first-order chi connectivity index (χ1) is 18.1. The van der Waals surface area contributed by atoms with Gasteiger partial charge in [-0.2, -0.15) is 9.61 Å². The third-order valence-corrected chi connectivity index (χ3v) is 5.63. The largest absolute Gasteiger partial charge is 0.383 e. The van der Waals surface area contributed by atoms with Gasteiger partial charge >= 0.3 is 0 Å². The Kier molecular flexibility index (Phi) is 15.2. The average Bonchev–Trinajstić information content (AvgIpc) is 3.38. The van der Waals surface area contributed by atoms with Crippen LogP contribution < -0.4 is 5.73 Å². The minimum atomic E-state index is 0.289. The first-order valence-electron chi connectivity index (χ1n) is 13.7. The van der Waals surface area contributed by atoms with Gasteiger partial charge in [-0.1, -0.05) is 116 Å². The van der Waals surface area contributed by atoms with Crippen LogP contribution in [0.25, 0.3) is 28.0 Å². The lowest BCUT2D eigenvalue weighted by Gasteiger charge is -2.06. The third-order valence-electron chi connectivity index (χ3n) is 5.63. The molecule has 0 amide bonds. The molecule has 0 saturated heterocycles. The van der Waals surface area contributed by atoms with E-state index in [-0.39, 0.29) is 5.82 Å². The number of aromatic nitrogens is 4. The predicted molar refractivity (Wildman–Crippen MR) is 158 cm³/mol. The van der Waals surface area contributed by atoms with E-state index in [1.165, 1.54) is 43.0 Å². The number of nitrogens with two attached hydrogens (primary N) is 1. The number of benzene rings is 1. The summed E-state index contributed by atoms with van der Waals surface area (Å²) in [6.07, 6.45) is 12.7. The smallest absolute Gasteiger partial charge is 0.165 e. The van der Waals surface area contributed by atoms with Crippen LogP contribution in [0.3, 0.4) is 0 Å². The zero-order chi connectivity index (χ0) is 27.6. The van der Waals surface area contributed by atoms with Crippen LogP contribution in [0.5, 0.6) is 0 Å². The van der Waals surface area contributed by atoms with Crippen LogP contribution in [-0.2, 0) is 0 Å². The van der Waals surface area contributed by atoms with E-state index in [9.17, 15) is 4.79 Å². The molecule has 3 aromatic heterocycles. The highest BCUT2D eigenvalue weighted by molar-refractivity contribution is 5.86. The zero-order valence-corrected chi connectivity index (χ0v) is 23.8. The molecule has 200 valence electrons. The number of fused-ring (bicyclic) bond motifs is 1. The van der Waals surface area contributed by atoms with Crippen LogP contribution in [0.4, 0.5) is 5.82 Å². The molecule has 0 fully saturated rings. The predicted octanol–water partition coefficient (Wildman–Crippen LogP) is 8.58. The molecule has 0 aliphatic carbocycles. The fourth-order valence-electron chi connectivity index (χ4n) is 3.68. The van der Waals surface area contributed by atoms with Crippen molar-refractivity contribution >= 4 is 17.8 Å². The number of anilines is 1. The Morgan fingerprint density at radius 1 is 0.838 bits per heavy atom. The van der Waals surface area contributed by atoms with E-state index in [0.717, 1.165) is 22.4 Å². The van der Waals surface area contributed by atoms with Crippen LogP contribution in [0.15, 0.2) is 54.9 Å². The second-order valence-corrected chi connectivity index (χ2v) is 8.12. The Bertz CT molecular complexity index is 1160. The maximum atomic E-state index is 11.2. The fraction of sp³-hybridized carbons (Fsp3) is 0.419. The maximum absolute atomic E-state index is 11.2. The van der Waals surface area contributed by atoms with Crippen LogP contribution in [0.1, 0.15) is 96.1 Å². The molecular formula is C31H45N5O. The number of hydrogen-bond acceptors (Lipinski definition) is 5. The summed E-state index contributed by atoms with van der Waals surface area (Å²) >= 11 is 0. The van der Waals surface area contributed by atoms with E-state index in [1.807, 2.05) is 70.2 Å². The number of hydrogen-bond donors (Lipinski definition) is 1. The molecule has 0 spiro atoms. The lowest BCUT2D eigenvalue weighted by Crippen LogP contribution is -2.07. The second-order valence-electron chi connectivity index (χ2n) is 8.12. The van der Waals surface area contributed by atoms with E-state index < -0.39 is 0 Å². The SMILES string of the molecule is CC.CC.CCCCCCCC.Cc1nc2c(-c3ccc(-c4ccccc4)nc3)cnn2c(N)c1C=O. The summed E-state index contributed by atoms with van der Waals surface area (Å²) in [7, 11) is 0. The second kappa shape index (κ2) is 17.8. The molecule has 0 atom stereocenters. The number of pyridine rings is 1. The number of nitrogen functional groups attached to an aromatic ring is 1. The number of aryl methyl sites for hydroxylation is 1. The lowest BCUT2D eigenvalue weighted by atomic mass is 10.1. The summed E-state index contributed by atoms with van der Waals surface area (Å²) in [5.74, 6) is 0.289. The van der Waals surface area contributed by atoms with E-state index in [1.54, 1.807) is 19.3 Å². The Morgan fingerprint density at radius 3 is 1.97 bits per heavy atom. The molecule has 0 radical (unpaired) electrons. The molecule has 37 heavy (non-hydrogen) atoms. The number of nitrogens with zero attached hydrogens (tertiary/aromatic N) is 4. The van der Waals surface area contributed by atoms with Gasteiger partial charge in [0.05, 0.1) is 23.1 Å². The minimum Gasteiger partial charge on any atom is -0.383 e. The van der Waals surface area contributed by atoms with Crippen LogP contribution >= 0.6 is 0 Å². The number of carbonyl (C=O) groups is 1. The summed E-state index contributed by atoms with van der Waals surface area (Å²) < 4.78 is 1.48. The summed E-state index contributed by atoms with van der Waals surface area (Å²) in [5, 5.41) is 4.27. The molecule has 0 bridgehead atoms. The highest BCUT2D eigenvalue weighted by Gasteiger charge is 2.15. The van der Waals surface area contributed by atoms with E-state index in [2.05, 4.69) is 28.9 Å². The molecule has 0 unspecified atom stereocenters. The summed E-state index contributed by atoms with van der Waals surface area (Å²) in [6, 6.07) is 13.9. The van der Waals surface area contributed by atoms with E-state index in [4.69, 9.17) is 5.73 Å². The minimum absolute atomic E-state index is 0.289. The van der Waals surface area contributed by atoms with Crippen molar-refractivity contribution in [3.8, 4) is 22.4 Å². The summed E-state index contributed by atoms with van der Waals surface area (Å²) in [5.41, 5.74) is 11.2. The van der Waals surface area contributed by atoms with Gasteiger partial charge in [-0.25, -0.2) is 4.98 Å². The van der Waals surface area contributed by atoms with Crippen molar-refractivity contribution in [1.82, 2.24) is 19.6 Å². The standard InChI is InChI=1S/C19H15N5O.C8H18.2C2H6/c1-12-16(11-25)18(20)24-19(23-12)15(10-22-24)14-7-8-17(21-9-14)13-5-3-2-4-6-13;1-3-5-7-8-6-4-2;2*1-2/h2-11H,20H2,1H3;3-8H2,1-2H3;2*1-2H3. The van der Waals surface area contributed by atoms with E-state index >= 15 is 0 Å². The topological polar surface area (TPSA) is 86.2 Å². The highest BCUT2D eigenvalue weighted by atomic mass is 16.1. The lowest BCUT2D eigenvalue weighted by molar-refractivity contribution is 0.112. The molecule has 0 aliphatic rings. The van der Waals surface area contributed by atoms with Gasteiger partial charge in [0.25, 0.3) is 0 Å². The van der Waals surface area contributed by atoms with Gasteiger partial charge in [0, 0.05) is 22.9 Å². The zero-order valence-electron chi connectivity index (χ0n) is 23.8. The molecule has 6 heteroatoms. The molecule has 1 aromatic carbocycles. The average molecular weight is 504 g/mol. The van der Waals surface area contributed by atoms with Crippen molar-refractivity contribution in [2.45, 2.75) is 87.0 Å². The van der Waals surface area contributed by atoms with Gasteiger partial charge in [-0.05, 0) is 13.0 Å². The summed E-state index contributed by atoms with van der Waals surface area (Å²) in [6.45, 7) is 14.3. The number of rotatable bonds is 8. The van der Waals surface area contributed by atoms with Crippen molar-refractivity contribution in [3.05, 3.63) is 66.1 Å². The van der Waals surface area contributed by atoms with Crippen LogP contribution in [0.2, 0.25) is 0 Å².